The topological polar surface area (TPSA) is 117 Å². The minimum atomic E-state index is -1.10. The summed E-state index contributed by atoms with van der Waals surface area (Å²) in [4.78, 5) is 23.0. The summed E-state index contributed by atoms with van der Waals surface area (Å²) < 4.78 is 10.6. The largest absolute Gasteiger partial charge is 0.462 e. The van der Waals surface area contributed by atoms with Gasteiger partial charge < -0.3 is 24.5 Å². The Kier molecular flexibility index (Phi) is 5.35. The van der Waals surface area contributed by atoms with Gasteiger partial charge in [0.2, 0.25) is 0 Å². The quantitative estimate of drug-likeness (QED) is 0.594. The van der Waals surface area contributed by atoms with Gasteiger partial charge >= 0.3 is 11.6 Å². The molecule has 3 N–H and O–H groups in total. The molecule has 1 heterocycles. The molecule has 182 valence electrons. The monoisotopic (exact) mass is 460 g/mol. The smallest absolute Gasteiger partial charge is 0.335 e. The van der Waals surface area contributed by atoms with E-state index in [1.165, 1.54) is 13.0 Å². The second-order valence-corrected chi connectivity index (χ2v) is 11.4. The highest BCUT2D eigenvalue weighted by Crippen LogP contribution is 2.71. The Morgan fingerprint density at radius 1 is 1.09 bits per heavy atom. The normalized spacial score (nSPS) is 46.7. The van der Waals surface area contributed by atoms with Crippen molar-refractivity contribution in [3.8, 4) is 0 Å². The second kappa shape index (κ2) is 7.65. The molecule has 2 unspecified atom stereocenters. The predicted molar refractivity (Wildman–Crippen MR) is 119 cm³/mol. The average Bonchev–Trinajstić information content (AvgIpc) is 3.04. The summed E-state index contributed by atoms with van der Waals surface area (Å²) in [5, 5.41) is 34.8. The van der Waals surface area contributed by atoms with Crippen LogP contribution in [0.25, 0.3) is 0 Å². The number of fused-ring (bicyclic) bond motifs is 5. The number of aliphatic hydroxyl groups excluding tert-OH is 1. The van der Waals surface area contributed by atoms with Crippen LogP contribution in [-0.4, -0.2) is 45.2 Å². The van der Waals surface area contributed by atoms with Crippen LogP contribution < -0.4 is 5.63 Å². The first-order valence-electron chi connectivity index (χ1n) is 12.4. The molecule has 1 aromatic heterocycles. The Labute approximate surface area is 194 Å². The lowest BCUT2D eigenvalue weighted by atomic mass is 9.41. The van der Waals surface area contributed by atoms with Gasteiger partial charge in [-0.25, -0.2) is 4.79 Å². The molecule has 8 atom stereocenters. The Morgan fingerprint density at radius 2 is 1.85 bits per heavy atom. The van der Waals surface area contributed by atoms with E-state index in [1.54, 1.807) is 6.26 Å². The maximum absolute atomic E-state index is 12.3. The van der Waals surface area contributed by atoms with Crippen LogP contribution in [0.2, 0.25) is 0 Å². The Hall–Kier alpha value is -1.70. The molecule has 0 saturated heterocycles. The number of ether oxygens (including phenoxy) is 1. The van der Waals surface area contributed by atoms with Crippen LogP contribution in [-0.2, 0) is 9.53 Å². The van der Waals surface area contributed by atoms with Gasteiger partial charge in [0.1, 0.15) is 6.10 Å². The summed E-state index contributed by atoms with van der Waals surface area (Å²) in [5.74, 6) is -0.261. The van der Waals surface area contributed by atoms with Crippen molar-refractivity contribution in [3.63, 3.8) is 0 Å². The molecule has 7 heteroatoms. The van der Waals surface area contributed by atoms with Crippen molar-refractivity contribution in [2.75, 3.05) is 6.61 Å². The fourth-order valence-corrected chi connectivity index (χ4v) is 8.75. The number of hydrogen-bond acceptors (Lipinski definition) is 7. The molecular weight excluding hydrogens is 424 g/mol. The summed E-state index contributed by atoms with van der Waals surface area (Å²) in [6, 6.07) is 3.27. The third-order valence-corrected chi connectivity index (χ3v) is 10.4. The molecule has 4 aliphatic carbocycles. The molecule has 7 nitrogen and oxygen atoms in total. The van der Waals surface area contributed by atoms with Gasteiger partial charge in [-0.3, -0.25) is 4.79 Å². The Balaban J connectivity index is 1.47. The molecule has 0 aliphatic heterocycles. The summed E-state index contributed by atoms with van der Waals surface area (Å²) in [5.41, 5.74) is -2.49. The number of aliphatic hydroxyl groups is 3. The lowest BCUT2D eigenvalue weighted by Gasteiger charge is -2.66. The molecule has 4 aliphatic rings. The van der Waals surface area contributed by atoms with Gasteiger partial charge in [0.25, 0.3) is 0 Å². The zero-order valence-electron chi connectivity index (χ0n) is 19.6. The van der Waals surface area contributed by atoms with Crippen LogP contribution in [0, 0.1) is 22.7 Å². The summed E-state index contributed by atoms with van der Waals surface area (Å²) in [6.45, 7) is 3.42. The van der Waals surface area contributed by atoms with Gasteiger partial charge in [-0.2, -0.15) is 0 Å². The van der Waals surface area contributed by atoms with Crippen LogP contribution in [0.5, 0.6) is 0 Å². The van der Waals surface area contributed by atoms with E-state index in [1.807, 2.05) is 6.07 Å². The molecule has 4 fully saturated rings. The molecular formula is C26H36O7. The highest BCUT2D eigenvalue weighted by Gasteiger charge is 2.71. The van der Waals surface area contributed by atoms with Crippen LogP contribution in [0.15, 0.2) is 27.6 Å². The van der Waals surface area contributed by atoms with E-state index in [0.29, 0.717) is 38.5 Å². The number of esters is 1. The molecule has 0 spiro atoms. The van der Waals surface area contributed by atoms with Gasteiger partial charge in [0, 0.05) is 30.2 Å². The molecule has 5 rings (SSSR count). The van der Waals surface area contributed by atoms with Crippen LogP contribution in [0.3, 0.4) is 0 Å². The number of rotatable bonds is 3. The van der Waals surface area contributed by atoms with Gasteiger partial charge in [0.15, 0.2) is 0 Å². The van der Waals surface area contributed by atoms with Gasteiger partial charge in [-0.15, -0.1) is 0 Å². The van der Waals surface area contributed by atoms with Gasteiger partial charge in [-0.05, 0) is 80.8 Å². The summed E-state index contributed by atoms with van der Waals surface area (Å²) in [7, 11) is 0. The van der Waals surface area contributed by atoms with E-state index >= 15 is 0 Å². The highest BCUT2D eigenvalue weighted by molar-refractivity contribution is 5.66. The van der Waals surface area contributed by atoms with E-state index in [2.05, 4.69) is 6.92 Å². The van der Waals surface area contributed by atoms with E-state index in [9.17, 15) is 24.9 Å². The first kappa shape index (κ1) is 23.1. The average molecular weight is 461 g/mol. The SMILES string of the molecule is CC(=O)O[C@H]1CC[C@]2(CO)C3CC[C@]4(C)[C@@H](c5ccc(=O)oc5)CC[C@]4(O)C3CC[C@]2(O)C1. The first-order valence-corrected chi connectivity index (χ1v) is 12.4. The summed E-state index contributed by atoms with van der Waals surface area (Å²) >= 11 is 0. The van der Waals surface area contributed by atoms with Crippen LogP contribution >= 0.6 is 0 Å². The van der Waals surface area contributed by atoms with E-state index < -0.39 is 16.6 Å². The van der Waals surface area contributed by atoms with Crippen molar-refractivity contribution < 1.29 is 29.3 Å². The highest BCUT2D eigenvalue weighted by atomic mass is 16.5. The van der Waals surface area contributed by atoms with Crippen LogP contribution in [0.1, 0.15) is 83.1 Å². The standard InChI is InChI=1S/C26H36O7/c1-16(28)33-18-5-10-24(15-27)20-6-9-23(2)19(17-3-4-22(29)32-14-17)8-12-26(23,31)21(20)7-11-25(24,30)13-18/h3-4,14,18-21,27,30-31H,5-13,15H2,1-2H3/t18-,19+,20?,21?,23+,24-,25-,26-/m0/s1. The van der Waals surface area contributed by atoms with Crippen molar-refractivity contribution in [3.05, 3.63) is 34.4 Å². The molecule has 0 aromatic carbocycles. The summed E-state index contributed by atoms with van der Waals surface area (Å²) in [6.07, 6.45) is 6.99. The van der Waals surface area contributed by atoms with E-state index in [0.717, 1.165) is 24.8 Å². The van der Waals surface area contributed by atoms with E-state index in [4.69, 9.17) is 9.15 Å². The minimum Gasteiger partial charge on any atom is -0.462 e. The van der Waals surface area contributed by atoms with E-state index in [-0.39, 0.29) is 47.5 Å². The van der Waals surface area contributed by atoms with Crippen LogP contribution in [0.4, 0.5) is 0 Å². The maximum atomic E-state index is 12.3. The molecule has 0 bridgehead atoms. The fraction of sp³-hybridized carbons (Fsp3) is 0.769. The lowest BCUT2D eigenvalue weighted by Crippen LogP contribution is -2.69. The Bertz CT molecular complexity index is 969. The van der Waals surface area contributed by atoms with Crippen molar-refractivity contribution in [1.29, 1.82) is 0 Å². The van der Waals surface area contributed by atoms with Crippen molar-refractivity contribution >= 4 is 5.97 Å². The minimum absolute atomic E-state index is 0.00468. The van der Waals surface area contributed by atoms with Crippen molar-refractivity contribution in [2.45, 2.75) is 94.9 Å². The molecule has 0 radical (unpaired) electrons. The third-order valence-electron chi connectivity index (χ3n) is 10.4. The van der Waals surface area contributed by atoms with Crippen molar-refractivity contribution in [2.24, 2.45) is 22.7 Å². The molecule has 4 saturated carbocycles. The van der Waals surface area contributed by atoms with Gasteiger partial charge in [0.05, 0.1) is 24.1 Å². The zero-order valence-corrected chi connectivity index (χ0v) is 19.6. The predicted octanol–water partition coefficient (Wildman–Crippen LogP) is 2.90. The van der Waals surface area contributed by atoms with Crippen molar-refractivity contribution in [1.82, 2.24) is 0 Å². The number of hydrogen-bond donors (Lipinski definition) is 3. The van der Waals surface area contributed by atoms with Gasteiger partial charge in [-0.1, -0.05) is 6.92 Å². The first-order chi connectivity index (χ1) is 15.6. The second-order valence-electron chi connectivity index (χ2n) is 11.4. The number of carbonyl (C=O) groups is 1. The maximum Gasteiger partial charge on any atom is 0.335 e. The molecule has 0 amide bonds. The third kappa shape index (κ3) is 3.11. The lowest BCUT2D eigenvalue weighted by molar-refractivity contribution is -0.269. The molecule has 1 aromatic rings. The zero-order chi connectivity index (χ0) is 23.6. The fourth-order valence-electron chi connectivity index (χ4n) is 8.75. The Morgan fingerprint density at radius 3 is 2.52 bits per heavy atom. The molecule has 33 heavy (non-hydrogen) atoms. The number of carbonyl (C=O) groups excluding carboxylic acids is 1.